The third kappa shape index (κ3) is 4.83. The summed E-state index contributed by atoms with van der Waals surface area (Å²) in [5.74, 6) is 0.410. The van der Waals surface area contributed by atoms with E-state index in [0.717, 1.165) is 46.6 Å². The van der Waals surface area contributed by atoms with Crippen molar-refractivity contribution in [2.24, 2.45) is 0 Å². The lowest BCUT2D eigenvalue weighted by Gasteiger charge is -2.42. The van der Waals surface area contributed by atoms with Crippen molar-refractivity contribution in [3.05, 3.63) is 65.9 Å². The fourth-order valence-corrected chi connectivity index (χ4v) is 5.84. The first-order chi connectivity index (χ1) is 18.5. The molecule has 0 radical (unpaired) electrons. The van der Waals surface area contributed by atoms with Crippen molar-refractivity contribution in [3.63, 3.8) is 0 Å². The van der Waals surface area contributed by atoms with Crippen LogP contribution in [0.2, 0.25) is 0 Å². The van der Waals surface area contributed by atoms with Crippen LogP contribution in [0.3, 0.4) is 0 Å². The van der Waals surface area contributed by atoms with Crippen molar-refractivity contribution in [2.45, 2.75) is 32.7 Å². The van der Waals surface area contributed by atoms with Gasteiger partial charge < -0.3 is 15.1 Å². The molecule has 0 spiro atoms. The molecule has 2 aliphatic rings. The van der Waals surface area contributed by atoms with E-state index in [4.69, 9.17) is 0 Å². The second kappa shape index (κ2) is 10.3. The van der Waals surface area contributed by atoms with E-state index in [0.29, 0.717) is 11.9 Å². The molecule has 0 aliphatic carbocycles. The minimum absolute atomic E-state index is 0.242. The van der Waals surface area contributed by atoms with Crippen LogP contribution in [0.1, 0.15) is 24.0 Å². The second-order valence-corrected chi connectivity index (χ2v) is 10.6. The predicted molar refractivity (Wildman–Crippen MR) is 150 cm³/mol. The van der Waals surface area contributed by atoms with Crippen LogP contribution in [-0.4, -0.2) is 81.9 Å². The maximum atomic E-state index is 13.8. The summed E-state index contributed by atoms with van der Waals surface area (Å²) in [6.45, 7) is 10.7. The van der Waals surface area contributed by atoms with E-state index in [1.165, 1.54) is 63.2 Å². The minimum Gasteiger partial charge on any atom is -0.371 e. The van der Waals surface area contributed by atoms with Gasteiger partial charge >= 0.3 is 0 Å². The topological polar surface area (TPSA) is 65.4 Å². The highest BCUT2D eigenvalue weighted by atomic mass is 19.1. The average Bonchev–Trinajstić information content (AvgIpc) is 3.36. The Labute approximate surface area is 223 Å². The van der Waals surface area contributed by atoms with Crippen molar-refractivity contribution in [2.75, 3.05) is 56.5 Å². The molecule has 6 rings (SSSR count). The largest absolute Gasteiger partial charge is 0.371 e. The number of piperazine rings is 1. The zero-order chi connectivity index (χ0) is 26.2. The summed E-state index contributed by atoms with van der Waals surface area (Å²) >= 11 is 0. The molecule has 2 aromatic carbocycles. The minimum atomic E-state index is -0.242. The quantitative estimate of drug-likeness (QED) is 0.420. The maximum Gasteiger partial charge on any atom is 0.168 e. The lowest BCUT2D eigenvalue weighted by molar-refractivity contribution is 0.0982. The number of nitrogens with zero attached hydrogens (tertiary/aromatic N) is 7. The molecule has 38 heavy (non-hydrogen) atoms. The highest BCUT2D eigenvalue weighted by molar-refractivity contribution is 5.89. The van der Waals surface area contributed by atoms with Crippen LogP contribution in [0.5, 0.6) is 0 Å². The third-order valence-corrected chi connectivity index (χ3v) is 8.08. The number of fused-ring (bicyclic) bond motifs is 1. The molecule has 0 atom stereocenters. The molecule has 2 fully saturated rings. The smallest absolute Gasteiger partial charge is 0.168 e. The maximum absolute atomic E-state index is 13.8. The molecule has 0 unspecified atom stereocenters. The first-order valence-electron chi connectivity index (χ1n) is 13.5. The van der Waals surface area contributed by atoms with Gasteiger partial charge in [0, 0.05) is 56.7 Å². The molecule has 0 bridgehead atoms. The van der Waals surface area contributed by atoms with E-state index in [2.05, 4.69) is 66.4 Å². The Hall–Kier alpha value is -3.56. The van der Waals surface area contributed by atoms with Gasteiger partial charge in [-0.3, -0.25) is 4.90 Å². The number of halogens is 1. The first-order valence-corrected chi connectivity index (χ1v) is 13.5. The predicted octanol–water partition coefficient (Wildman–Crippen LogP) is 4.53. The molecule has 198 valence electrons. The van der Waals surface area contributed by atoms with E-state index in [1.807, 2.05) is 18.5 Å². The van der Waals surface area contributed by atoms with Crippen molar-refractivity contribution in [3.8, 4) is 5.69 Å². The van der Waals surface area contributed by atoms with Gasteiger partial charge in [-0.25, -0.2) is 19.0 Å². The molecule has 4 heterocycles. The summed E-state index contributed by atoms with van der Waals surface area (Å²) in [5, 5.41) is 8.81. The summed E-state index contributed by atoms with van der Waals surface area (Å²) in [7, 11) is 2.22. The van der Waals surface area contributed by atoms with Crippen LogP contribution < -0.4 is 10.2 Å². The van der Waals surface area contributed by atoms with Crippen molar-refractivity contribution >= 4 is 28.2 Å². The van der Waals surface area contributed by atoms with Crippen LogP contribution in [0.25, 0.3) is 16.7 Å². The monoisotopic (exact) mass is 514 g/mol. The zero-order valence-electron chi connectivity index (χ0n) is 22.4. The summed E-state index contributed by atoms with van der Waals surface area (Å²) in [5.41, 5.74) is 5.42. The Bertz CT molecular complexity index is 1390. The Morgan fingerprint density at radius 3 is 2.21 bits per heavy atom. The van der Waals surface area contributed by atoms with Crippen molar-refractivity contribution in [1.82, 2.24) is 29.5 Å². The van der Waals surface area contributed by atoms with Gasteiger partial charge in [0.1, 0.15) is 18.0 Å². The molecule has 4 aromatic rings. The van der Waals surface area contributed by atoms with Crippen molar-refractivity contribution < 1.29 is 4.39 Å². The van der Waals surface area contributed by atoms with E-state index < -0.39 is 0 Å². The summed E-state index contributed by atoms with van der Waals surface area (Å²) in [4.78, 5) is 16.6. The highest BCUT2D eigenvalue weighted by Gasteiger charge is 2.26. The van der Waals surface area contributed by atoms with Gasteiger partial charge in [0.2, 0.25) is 0 Å². The Morgan fingerprint density at radius 1 is 0.868 bits per heavy atom. The average molecular weight is 515 g/mol. The van der Waals surface area contributed by atoms with Gasteiger partial charge in [0.15, 0.2) is 5.65 Å². The molecule has 2 aromatic heterocycles. The third-order valence-electron chi connectivity index (χ3n) is 8.08. The molecule has 2 aliphatic heterocycles. The lowest BCUT2D eigenvalue weighted by Crippen LogP contribution is -2.52. The molecule has 0 amide bonds. The molecule has 9 heteroatoms. The normalized spacial score (nSPS) is 17.8. The zero-order valence-corrected chi connectivity index (χ0v) is 22.4. The molecular weight excluding hydrogens is 479 g/mol. The Balaban J connectivity index is 1.17. The van der Waals surface area contributed by atoms with Crippen LogP contribution >= 0.6 is 0 Å². The molecule has 0 saturated carbocycles. The van der Waals surface area contributed by atoms with Gasteiger partial charge in [-0.05, 0) is 81.3 Å². The number of likely N-dealkylation sites (N-methyl/N-ethyl adjacent to an activating group) is 1. The van der Waals surface area contributed by atoms with Crippen LogP contribution in [-0.2, 0) is 0 Å². The Kier molecular flexibility index (Phi) is 6.71. The number of benzene rings is 2. The molecule has 1 N–H and O–H groups in total. The standard InChI is InChI=1S/C29H35FN8/c1-20-16-22(30)17-21(2)27(20)34-28-26-18-33-38(29(26)32-19-31-28)25-6-4-23(5-7-25)36-10-8-24(9-11-36)37-14-12-35(3)13-15-37/h4-7,16-19,24H,8-15H2,1-3H3,(H,31,32,34). The fraction of sp³-hybridized carbons (Fsp3) is 0.414. The fourth-order valence-electron chi connectivity index (χ4n) is 5.84. The number of piperidine rings is 1. The number of aromatic nitrogens is 4. The summed E-state index contributed by atoms with van der Waals surface area (Å²) in [6, 6.07) is 12.3. The van der Waals surface area contributed by atoms with E-state index in [-0.39, 0.29) is 5.82 Å². The first kappa shape index (κ1) is 24.8. The number of rotatable bonds is 5. The number of hydrogen-bond acceptors (Lipinski definition) is 7. The van der Waals surface area contributed by atoms with Gasteiger partial charge in [-0.2, -0.15) is 5.10 Å². The van der Waals surface area contributed by atoms with Crippen LogP contribution in [0.4, 0.5) is 21.6 Å². The lowest BCUT2D eigenvalue weighted by atomic mass is 10.0. The molecule has 8 nitrogen and oxygen atoms in total. The van der Waals surface area contributed by atoms with Gasteiger partial charge in [0.25, 0.3) is 0 Å². The van der Waals surface area contributed by atoms with Crippen molar-refractivity contribution in [1.29, 1.82) is 0 Å². The number of hydrogen-bond donors (Lipinski definition) is 1. The molecule has 2 saturated heterocycles. The van der Waals surface area contributed by atoms with Gasteiger partial charge in [-0.1, -0.05) is 0 Å². The van der Waals surface area contributed by atoms with Gasteiger partial charge in [-0.15, -0.1) is 0 Å². The van der Waals surface area contributed by atoms with E-state index in [1.54, 1.807) is 6.20 Å². The van der Waals surface area contributed by atoms with E-state index >= 15 is 0 Å². The summed E-state index contributed by atoms with van der Waals surface area (Å²) in [6.07, 6.45) is 5.75. The molecular formula is C29H35FN8. The number of aryl methyl sites for hydroxylation is 2. The number of anilines is 3. The number of nitrogens with one attached hydrogen (secondary N) is 1. The summed E-state index contributed by atoms with van der Waals surface area (Å²) < 4.78 is 15.6. The van der Waals surface area contributed by atoms with Crippen LogP contribution in [0.15, 0.2) is 48.9 Å². The van der Waals surface area contributed by atoms with E-state index in [9.17, 15) is 4.39 Å². The Morgan fingerprint density at radius 2 is 1.53 bits per heavy atom. The SMILES string of the molecule is Cc1cc(F)cc(C)c1Nc1ncnc2c1cnn2-c1ccc(N2CCC(N3CCN(C)CC3)CC2)cc1. The van der Waals surface area contributed by atoms with Gasteiger partial charge in [0.05, 0.1) is 17.3 Å². The highest BCUT2D eigenvalue weighted by Crippen LogP contribution is 2.30. The van der Waals surface area contributed by atoms with Crippen LogP contribution in [0, 0.1) is 19.7 Å². The second-order valence-electron chi connectivity index (χ2n) is 10.6.